The summed E-state index contributed by atoms with van der Waals surface area (Å²) in [4.78, 5) is 23.5. The topological polar surface area (TPSA) is 94.1 Å². The number of rotatable bonds is 10. The fraction of sp³-hybridized carbons (Fsp3) is 0.333. The lowest BCUT2D eigenvalue weighted by molar-refractivity contribution is -0.116. The minimum Gasteiger partial charge on any atom is -0.497 e. The van der Waals surface area contributed by atoms with E-state index in [0.29, 0.717) is 36.3 Å². The predicted octanol–water partition coefficient (Wildman–Crippen LogP) is 3.51. The summed E-state index contributed by atoms with van der Waals surface area (Å²) in [5.41, 5.74) is 2.22. The molecule has 0 saturated heterocycles. The van der Waals surface area contributed by atoms with Crippen molar-refractivity contribution in [3.05, 3.63) is 53.1 Å². The zero-order chi connectivity index (χ0) is 20.5. The Hall–Kier alpha value is -3.06. The molecule has 0 radical (unpaired) electrons. The Morgan fingerprint density at radius 2 is 1.82 bits per heavy atom. The molecule has 2 N–H and O–H groups in total. The molecular formula is C21H25NO6. The van der Waals surface area contributed by atoms with Crippen molar-refractivity contribution >= 4 is 17.6 Å². The predicted molar refractivity (Wildman–Crippen MR) is 105 cm³/mol. The molecule has 0 bridgehead atoms. The molecule has 0 spiro atoms. The Balaban J connectivity index is 1.96. The first-order valence-electron chi connectivity index (χ1n) is 8.83. The summed E-state index contributed by atoms with van der Waals surface area (Å²) in [5.74, 6) is 0.195. The SMILES string of the molecule is COCc1cc(NC(=O)CCCc2ccc(OC)cc2OC)cc(C(=O)O)c1. The zero-order valence-electron chi connectivity index (χ0n) is 16.3. The van der Waals surface area contributed by atoms with E-state index in [0.717, 1.165) is 11.3 Å². The van der Waals surface area contributed by atoms with E-state index in [2.05, 4.69) is 5.32 Å². The van der Waals surface area contributed by atoms with Crippen molar-refractivity contribution in [2.45, 2.75) is 25.9 Å². The van der Waals surface area contributed by atoms with Gasteiger partial charge >= 0.3 is 5.97 Å². The van der Waals surface area contributed by atoms with E-state index >= 15 is 0 Å². The lowest BCUT2D eigenvalue weighted by atomic mass is 10.1. The van der Waals surface area contributed by atoms with Crippen molar-refractivity contribution < 1.29 is 28.9 Å². The maximum Gasteiger partial charge on any atom is 0.335 e. The van der Waals surface area contributed by atoms with Gasteiger partial charge in [-0.05, 0) is 48.2 Å². The molecule has 0 aliphatic carbocycles. The smallest absolute Gasteiger partial charge is 0.335 e. The average molecular weight is 387 g/mol. The monoisotopic (exact) mass is 387 g/mol. The van der Waals surface area contributed by atoms with Crippen LogP contribution >= 0.6 is 0 Å². The Kier molecular flexibility index (Phi) is 7.83. The summed E-state index contributed by atoms with van der Waals surface area (Å²) in [7, 11) is 4.72. The van der Waals surface area contributed by atoms with Crippen LogP contribution in [0.1, 0.15) is 34.3 Å². The third kappa shape index (κ3) is 5.99. The first kappa shape index (κ1) is 21.2. The van der Waals surface area contributed by atoms with Crippen LogP contribution in [-0.4, -0.2) is 38.3 Å². The lowest BCUT2D eigenvalue weighted by Gasteiger charge is -2.11. The number of carbonyl (C=O) groups excluding carboxylic acids is 1. The lowest BCUT2D eigenvalue weighted by Crippen LogP contribution is -2.13. The number of anilines is 1. The van der Waals surface area contributed by atoms with Crippen LogP contribution in [-0.2, 0) is 22.6 Å². The normalized spacial score (nSPS) is 10.4. The average Bonchev–Trinajstić information content (AvgIpc) is 2.68. The summed E-state index contributed by atoms with van der Waals surface area (Å²) in [6, 6.07) is 10.3. The van der Waals surface area contributed by atoms with Gasteiger partial charge < -0.3 is 24.6 Å². The molecule has 0 atom stereocenters. The van der Waals surface area contributed by atoms with Crippen LogP contribution in [0.2, 0.25) is 0 Å². The maximum atomic E-state index is 12.3. The fourth-order valence-electron chi connectivity index (χ4n) is 2.86. The molecule has 7 heteroatoms. The summed E-state index contributed by atoms with van der Waals surface area (Å²) in [6.45, 7) is 0.265. The van der Waals surface area contributed by atoms with E-state index in [-0.39, 0.29) is 18.1 Å². The van der Waals surface area contributed by atoms with Gasteiger partial charge in [0.1, 0.15) is 11.5 Å². The van der Waals surface area contributed by atoms with E-state index < -0.39 is 5.97 Å². The highest BCUT2D eigenvalue weighted by molar-refractivity contribution is 5.94. The third-order valence-electron chi connectivity index (χ3n) is 4.18. The van der Waals surface area contributed by atoms with Crippen LogP contribution in [0.3, 0.4) is 0 Å². The van der Waals surface area contributed by atoms with Crippen LogP contribution < -0.4 is 14.8 Å². The van der Waals surface area contributed by atoms with Crippen LogP contribution in [0, 0.1) is 0 Å². The number of aryl methyl sites for hydroxylation is 1. The highest BCUT2D eigenvalue weighted by atomic mass is 16.5. The number of hydrogen-bond acceptors (Lipinski definition) is 5. The number of amides is 1. The van der Waals surface area contributed by atoms with Gasteiger partial charge in [-0.3, -0.25) is 4.79 Å². The van der Waals surface area contributed by atoms with E-state index in [1.165, 1.54) is 19.2 Å². The molecule has 0 aliphatic rings. The number of ether oxygens (including phenoxy) is 3. The van der Waals surface area contributed by atoms with Crippen LogP contribution in [0.25, 0.3) is 0 Å². The number of benzene rings is 2. The molecular weight excluding hydrogens is 362 g/mol. The second-order valence-corrected chi connectivity index (χ2v) is 6.24. The van der Waals surface area contributed by atoms with Gasteiger partial charge in [0.15, 0.2) is 0 Å². The summed E-state index contributed by atoms with van der Waals surface area (Å²) in [5, 5.41) is 12.0. The number of methoxy groups -OCH3 is 3. The number of aromatic carboxylic acids is 1. The third-order valence-corrected chi connectivity index (χ3v) is 4.18. The zero-order valence-corrected chi connectivity index (χ0v) is 16.3. The molecule has 0 aromatic heterocycles. The van der Waals surface area contributed by atoms with Gasteiger partial charge in [-0.1, -0.05) is 6.07 Å². The quantitative estimate of drug-likeness (QED) is 0.648. The highest BCUT2D eigenvalue weighted by Gasteiger charge is 2.11. The molecule has 0 unspecified atom stereocenters. The second kappa shape index (κ2) is 10.3. The van der Waals surface area contributed by atoms with Gasteiger partial charge in [0.2, 0.25) is 5.91 Å². The van der Waals surface area contributed by atoms with Crippen molar-refractivity contribution in [1.29, 1.82) is 0 Å². The molecule has 0 fully saturated rings. The van der Waals surface area contributed by atoms with Gasteiger partial charge in [0, 0.05) is 25.3 Å². The van der Waals surface area contributed by atoms with E-state index in [4.69, 9.17) is 14.2 Å². The van der Waals surface area contributed by atoms with E-state index in [1.54, 1.807) is 20.3 Å². The Morgan fingerprint density at radius 1 is 1.04 bits per heavy atom. The fourth-order valence-corrected chi connectivity index (χ4v) is 2.86. The van der Waals surface area contributed by atoms with Crippen LogP contribution in [0.4, 0.5) is 5.69 Å². The molecule has 0 saturated carbocycles. The Morgan fingerprint density at radius 3 is 2.46 bits per heavy atom. The van der Waals surface area contributed by atoms with Crippen LogP contribution in [0.15, 0.2) is 36.4 Å². The number of carbonyl (C=O) groups is 2. The van der Waals surface area contributed by atoms with Gasteiger partial charge in [-0.2, -0.15) is 0 Å². The summed E-state index contributed by atoms with van der Waals surface area (Å²) in [6.07, 6.45) is 1.59. The standard InChI is InChI=1S/C21H25NO6/c1-26-13-14-9-16(21(24)25)11-17(10-14)22-20(23)6-4-5-15-7-8-18(27-2)12-19(15)28-3/h7-12H,4-6,13H2,1-3H3,(H,22,23)(H,24,25). The van der Waals surface area contributed by atoms with Crippen molar-refractivity contribution in [3.63, 3.8) is 0 Å². The Bertz CT molecular complexity index is 834. The van der Waals surface area contributed by atoms with Crippen molar-refractivity contribution in [2.24, 2.45) is 0 Å². The highest BCUT2D eigenvalue weighted by Crippen LogP contribution is 2.26. The molecule has 7 nitrogen and oxygen atoms in total. The molecule has 2 rings (SSSR count). The van der Waals surface area contributed by atoms with Crippen molar-refractivity contribution in [3.8, 4) is 11.5 Å². The molecule has 1 amide bonds. The van der Waals surface area contributed by atoms with Gasteiger partial charge in [0.05, 0.1) is 26.4 Å². The molecule has 2 aromatic carbocycles. The molecule has 150 valence electrons. The van der Waals surface area contributed by atoms with Crippen molar-refractivity contribution in [1.82, 2.24) is 0 Å². The van der Waals surface area contributed by atoms with Gasteiger partial charge in [-0.15, -0.1) is 0 Å². The second-order valence-electron chi connectivity index (χ2n) is 6.24. The van der Waals surface area contributed by atoms with Crippen molar-refractivity contribution in [2.75, 3.05) is 26.6 Å². The molecule has 2 aromatic rings. The number of carboxylic acid groups (broad SMARTS) is 1. The molecule has 28 heavy (non-hydrogen) atoms. The number of hydrogen-bond donors (Lipinski definition) is 2. The first-order chi connectivity index (χ1) is 13.5. The van der Waals surface area contributed by atoms with Crippen LogP contribution in [0.5, 0.6) is 11.5 Å². The minimum atomic E-state index is -1.06. The minimum absolute atomic E-state index is 0.104. The number of nitrogens with one attached hydrogen (secondary N) is 1. The number of carboxylic acids is 1. The van der Waals surface area contributed by atoms with Gasteiger partial charge in [-0.25, -0.2) is 4.79 Å². The van der Waals surface area contributed by atoms with E-state index in [9.17, 15) is 14.7 Å². The first-order valence-corrected chi connectivity index (χ1v) is 8.83. The van der Waals surface area contributed by atoms with Gasteiger partial charge in [0.25, 0.3) is 0 Å². The molecule has 0 aliphatic heterocycles. The summed E-state index contributed by atoms with van der Waals surface area (Å²) >= 11 is 0. The Labute approximate surface area is 164 Å². The molecule has 0 heterocycles. The van der Waals surface area contributed by atoms with E-state index in [1.807, 2.05) is 18.2 Å². The maximum absolute atomic E-state index is 12.3. The summed E-state index contributed by atoms with van der Waals surface area (Å²) < 4.78 is 15.6. The largest absolute Gasteiger partial charge is 0.497 e.